The molecule has 0 rings (SSSR count). The highest BCUT2D eigenvalue weighted by atomic mass is 16.4. The van der Waals surface area contributed by atoms with Crippen LogP contribution in [0.3, 0.4) is 0 Å². The van der Waals surface area contributed by atoms with Gasteiger partial charge in [-0.2, -0.15) is 0 Å². The lowest BCUT2D eigenvalue weighted by Crippen LogP contribution is -1.96. The normalized spacial score (nSPS) is 11.1. The fraction of sp³-hybridized carbons (Fsp3) is 0.625. The maximum atomic E-state index is 10.2. The van der Waals surface area contributed by atoms with Crippen LogP contribution in [0, 0.1) is 5.92 Å². The highest BCUT2D eigenvalue weighted by molar-refractivity contribution is 5.85. The van der Waals surface area contributed by atoms with Crippen molar-refractivity contribution < 1.29 is 9.90 Å². The Kier molecular flexibility index (Phi) is 6.89. The molecule has 0 saturated heterocycles. The smallest absolute Gasteiger partial charge is 0.330 e. The predicted molar refractivity (Wildman–Crippen MR) is 45.9 cm³/mol. The molecule has 0 aliphatic carbocycles. The highest BCUT2D eigenvalue weighted by Crippen LogP contribution is 2.03. The molecule has 0 atom stereocenters. The monoisotopic (exact) mass is 159 g/mol. The van der Waals surface area contributed by atoms with Crippen LogP contribution in [-0.2, 0) is 4.79 Å². The van der Waals surface area contributed by atoms with Gasteiger partial charge in [0, 0.05) is 5.57 Å². The quantitative estimate of drug-likeness (QED) is 0.620. The van der Waals surface area contributed by atoms with Crippen LogP contribution < -0.4 is 6.15 Å². The van der Waals surface area contributed by atoms with Crippen molar-refractivity contribution in [3.8, 4) is 0 Å². The van der Waals surface area contributed by atoms with Gasteiger partial charge in [0.05, 0.1) is 0 Å². The third-order valence-corrected chi connectivity index (χ3v) is 1.23. The van der Waals surface area contributed by atoms with Crippen LogP contribution in [-0.4, -0.2) is 11.1 Å². The Balaban J connectivity index is 0. The van der Waals surface area contributed by atoms with Gasteiger partial charge >= 0.3 is 5.97 Å². The topological polar surface area (TPSA) is 72.3 Å². The van der Waals surface area contributed by atoms with Gasteiger partial charge in [0.1, 0.15) is 0 Å². The number of allylic oxidation sites excluding steroid dienone is 1. The number of carboxylic acid groups (broad SMARTS) is 1. The minimum Gasteiger partial charge on any atom is -0.478 e. The van der Waals surface area contributed by atoms with Gasteiger partial charge in [-0.15, -0.1) is 0 Å². The summed E-state index contributed by atoms with van der Waals surface area (Å²) >= 11 is 0. The second-order valence-electron chi connectivity index (χ2n) is 2.82. The Morgan fingerprint density at radius 2 is 2.00 bits per heavy atom. The van der Waals surface area contributed by atoms with Crippen molar-refractivity contribution in [2.24, 2.45) is 5.92 Å². The molecule has 0 bridgehead atoms. The Morgan fingerprint density at radius 3 is 2.27 bits per heavy atom. The second kappa shape index (κ2) is 5.92. The molecule has 0 amide bonds. The Bertz CT molecular complexity index is 150. The van der Waals surface area contributed by atoms with Gasteiger partial charge in [-0.3, -0.25) is 0 Å². The molecule has 0 saturated carbocycles. The number of carbonyl (C=O) groups is 1. The lowest BCUT2D eigenvalue weighted by molar-refractivity contribution is -0.132. The SMILES string of the molecule is CC(=CCC(C)C)C(=O)O.N. The van der Waals surface area contributed by atoms with Crippen molar-refractivity contribution in [2.75, 3.05) is 0 Å². The molecule has 11 heavy (non-hydrogen) atoms. The van der Waals surface area contributed by atoms with Gasteiger partial charge in [0.15, 0.2) is 0 Å². The Hall–Kier alpha value is -0.830. The van der Waals surface area contributed by atoms with E-state index in [4.69, 9.17) is 5.11 Å². The molecule has 0 unspecified atom stereocenters. The summed E-state index contributed by atoms with van der Waals surface area (Å²) in [5.41, 5.74) is 0.439. The van der Waals surface area contributed by atoms with E-state index in [0.717, 1.165) is 6.42 Å². The molecular formula is C8H17NO2. The zero-order valence-electron chi connectivity index (χ0n) is 7.42. The van der Waals surface area contributed by atoms with Crippen LogP contribution in [0.2, 0.25) is 0 Å². The van der Waals surface area contributed by atoms with Gasteiger partial charge in [-0.25, -0.2) is 4.79 Å². The van der Waals surface area contributed by atoms with Crippen molar-refractivity contribution in [2.45, 2.75) is 27.2 Å². The maximum Gasteiger partial charge on any atom is 0.330 e. The molecule has 0 aromatic carbocycles. The van der Waals surface area contributed by atoms with E-state index in [0.29, 0.717) is 11.5 Å². The largest absolute Gasteiger partial charge is 0.478 e. The average molecular weight is 159 g/mol. The number of carboxylic acids is 1. The van der Waals surface area contributed by atoms with Crippen molar-refractivity contribution in [1.29, 1.82) is 0 Å². The molecule has 0 radical (unpaired) electrons. The third kappa shape index (κ3) is 7.06. The van der Waals surface area contributed by atoms with Crippen LogP contribution in [0.4, 0.5) is 0 Å². The van der Waals surface area contributed by atoms with Gasteiger partial charge in [0.25, 0.3) is 0 Å². The molecule has 0 fully saturated rings. The third-order valence-electron chi connectivity index (χ3n) is 1.23. The number of aliphatic carboxylic acids is 1. The van der Waals surface area contributed by atoms with Crippen LogP contribution in [0.15, 0.2) is 11.6 Å². The summed E-state index contributed by atoms with van der Waals surface area (Å²) in [6.45, 7) is 5.74. The summed E-state index contributed by atoms with van der Waals surface area (Å²) in [6, 6.07) is 0. The Labute approximate surface area is 67.7 Å². The predicted octanol–water partition coefficient (Wildman–Crippen LogP) is 2.23. The van der Waals surface area contributed by atoms with Crippen molar-refractivity contribution >= 4 is 5.97 Å². The summed E-state index contributed by atoms with van der Waals surface area (Å²) in [7, 11) is 0. The summed E-state index contributed by atoms with van der Waals surface area (Å²) in [5, 5.41) is 8.43. The molecule has 3 heteroatoms. The summed E-state index contributed by atoms with van der Waals surface area (Å²) in [6.07, 6.45) is 2.60. The zero-order chi connectivity index (χ0) is 8.15. The molecule has 0 heterocycles. The number of hydrogen-bond acceptors (Lipinski definition) is 2. The molecule has 0 aliphatic heterocycles. The summed E-state index contributed by atoms with van der Waals surface area (Å²) < 4.78 is 0. The van der Waals surface area contributed by atoms with Crippen LogP contribution in [0.5, 0.6) is 0 Å². The number of hydrogen-bond donors (Lipinski definition) is 2. The molecule has 0 spiro atoms. The van der Waals surface area contributed by atoms with E-state index in [1.165, 1.54) is 0 Å². The van der Waals surface area contributed by atoms with E-state index in [-0.39, 0.29) is 6.15 Å². The fourth-order valence-corrected chi connectivity index (χ4v) is 0.500. The van der Waals surface area contributed by atoms with Crippen LogP contribution >= 0.6 is 0 Å². The first kappa shape index (κ1) is 12.8. The first-order chi connectivity index (χ1) is 4.54. The first-order valence-electron chi connectivity index (χ1n) is 3.44. The van der Waals surface area contributed by atoms with E-state index in [1.807, 2.05) is 0 Å². The lowest BCUT2D eigenvalue weighted by atomic mass is 10.1. The fourth-order valence-electron chi connectivity index (χ4n) is 0.500. The van der Waals surface area contributed by atoms with Gasteiger partial charge in [0.2, 0.25) is 0 Å². The van der Waals surface area contributed by atoms with Gasteiger partial charge in [-0.05, 0) is 19.3 Å². The molecular weight excluding hydrogens is 142 g/mol. The van der Waals surface area contributed by atoms with Crippen molar-refractivity contribution in [3.05, 3.63) is 11.6 Å². The molecule has 0 aromatic heterocycles. The van der Waals surface area contributed by atoms with E-state index in [9.17, 15) is 4.79 Å². The standard InChI is InChI=1S/C8H14O2.H3N/c1-6(2)4-5-7(3)8(9)10;/h5-6H,4H2,1-3H3,(H,9,10);1H3. The average Bonchev–Trinajstić information content (AvgIpc) is 1.82. The molecule has 3 nitrogen and oxygen atoms in total. The van der Waals surface area contributed by atoms with Crippen molar-refractivity contribution in [3.63, 3.8) is 0 Å². The van der Waals surface area contributed by atoms with Crippen molar-refractivity contribution in [1.82, 2.24) is 6.15 Å². The highest BCUT2D eigenvalue weighted by Gasteiger charge is 1.98. The summed E-state index contributed by atoms with van der Waals surface area (Å²) in [5.74, 6) is -0.282. The Morgan fingerprint density at radius 1 is 1.55 bits per heavy atom. The second-order valence-corrected chi connectivity index (χ2v) is 2.82. The van der Waals surface area contributed by atoms with E-state index in [2.05, 4.69) is 13.8 Å². The summed E-state index contributed by atoms with van der Waals surface area (Å²) in [4.78, 5) is 10.2. The van der Waals surface area contributed by atoms with Gasteiger partial charge in [-0.1, -0.05) is 19.9 Å². The zero-order valence-corrected chi connectivity index (χ0v) is 7.42. The molecule has 66 valence electrons. The lowest BCUT2D eigenvalue weighted by Gasteiger charge is -1.97. The van der Waals surface area contributed by atoms with Crippen LogP contribution in [0.25, 0.3) is 0 Å². The van der Waals surface area contributed by atoms with Crippen LogP contribution in [0.1, 0.15) is 27.2 Å². The minimum absolute atomic E-state index is 0. The molecule has 0 aromatic rings. The minimum atomic E-state index is -0.819. The van der Waals surface area contributed by atoms with E-state index in [1.54, 1.807) is 13.0 Å². The first-order valence-corrected chi connectivity index (χ1v) is 3.44. The van der Waals surface area contributed by atoms with Gasteiger partial charge < -0.3 is 11.3 Å². The van der Waals surface area contributed by atoms with E-state index >= 15 is 0 Å². The van der Waals surface area contributed by atoms with E-state index < -0.39 is 5.97 Å². The number of rotatable bonds is 3. The molecule has 4 N–H and O–H groups in total. The molecule has 0 aliphatic rings. The maximum absolute atomic E-state index is 10.2.